The molecule has 0 saturated heterocycles. The van der Waals surface area contributed by atoms with Gasteiger partial charge in [-0.2, -0.15) is 0 Å². The molecular weight excluding hydrogens is 270 g/mol. The molecule has 0 aliphatic carbocycles. The van der Waals surface area contributed by atoms with Crippen LogP contribution in [-0.4, -0.2) is 36.8 Å². The summed E-state index contributed by atoms with van der Waals surface area (Å²) in [4.78, 5) is 2.06. The lowest BCUT2D eigenvalue weighted by Gasteiger charge is -2.09. The maximum atomic E-state index is 8.33. The Morgan fingerprint density at radius 3 is 1.73 bits per heavy atom. The predicted octanol–water partition coefficient (Wildman–Crippen LogP) is 5.18. The molecule has 0 amide bonds. The van der Waals surface area contributed by atoms with Crippen molar-refractivity contribution < 1.29 is 5.11 Å². The molecular formula is C20H39NO. The summed E-state index contributed by atoms with van der Waals surface area (Å²) < 4.78 is 0. The first-order valence-electron chi connectivity index (χ1n) is 8.77. The topological polar surface area (TPSA) is 23.5 Å². The largest absolute Gasteiger partial charge is 0.395 e. The molecule has 1 atom stereocenters. The molecule has 0 saturated carbocycles. The van der Waals surface area contributed by atoms with E-state index in [1.165, 1.54) is 18.4 Å². The Morgan fingerprint density at radius 1 is 0.955 bits per heavy atom. The van der Waals surface area contributed by atoms with Crippen molar-refractivity contribution in [1.29, 1.82) is 0 Å². The van der Waals surface area contributed by atoms with Crippen molar-refractivity contribution in [3.63, 3.8) is 0 Å². The third-order valence-electron chi connectivity index (χ3n) is 3.82. The van der Waals surface area contributed by atoms with E-state index in [4.69, 9.17) is 5.11 Å². The molecule has 2 nitrogen and oxygen atoms in total. The number of nitrogens with zero attached hydrogens (tertiary/aromatic N) is 1. The van der Waals surface area contributed by atoms with Gasteiger partial charge in [0.2, 0.25) is 0 Å². The van der Waals surface area contributed by atoms with Crippen LogP contribution in [0, 0.1) is 5.92 Å². The first-order chi connectivity index (χ1) is 10.4. The van der Waals surface area contributed by atoms with Crippen molar-refractivity contribution in [2.24, 2.45) is 5.92 Å². The predicted molar refractivity (Wildman–Crippen MR) is 101 cm³/mol. The maximum Gasteiger partial charge on any atom is 0.0558 e. The Hall–Kier alpha value is -0.860. The van der Waals surface area contributed by atoms with E-state index in [1.54, 1.807) is 0 Å². The first kappa shape index (κ1) is 23.4. The third kappa shape index (κ3) is 15.5. The van der Waals surface area contributed by atoms with Crippen LogP contribution in [0.3, 0.4) is 0 Å². The number of benzene rings is 1. The highest BCUT2D eigenvalue weighted by Crippen LogP contribution is 2.16. The zero-order valence-electron chi connectivity index (χ0n) is 16.0. The van der Waals surface area contributed by atoms with Crippen molar-refractivity contribution in [3.8, 4) is 0 Å². The second kappa shape index (κ2) is 16.5. The van der Waals surface area contributed by atoms with Crippen molar-refractivity contribution in [3.05, 3.63) is 35.9 Å². The molecule has 0 spiro atoms. The SMILES string of the molecule is CCC(C)C.CCC(C)c1ccccc1.CCN(C)CCO. The molecule has 0 fully saturated rings. The molecule has 130 valence electrons. The summed E-state index contributed by atoms with van der Waals surface area (Å²) in [7, 11) is 1.98. The highest BCUT2D eigenvalue weighted by Gasteiger charge is 1.98. The van der Waals surface area contributed by atoms with Gasteiger partial charge in [-0.15, -0.1) is 0 Å². The molecule has 0 bridgehead atoms. The van der Waals surface area contributed by atoms with E-state index < -0.39 is 0 Å². The van der Waals surface area contributed by atoms with Gasteiger partial charge in [-0.05, 0) is 37.4 Å². The standard InChI is InChI=1S/C10H14.C5H13NO.C5H12/c1-3-9(2)10-7-5-4-6-8-10;1-3-6(2)4-5-7;1-4-5(2)3/h4-9H,3H2,1-2H3;7H,3-5H2,1-2H3;5H,4H2,1-3H3. The van der Waals surface area contributed by atoms with E-state index in [1.807, 2.05) is 7.05 Å². The first-order valence-corrected chi connectivity index (χ1v) is 8.77. The van der Waals surface area contributed by atoms with Crippen LogP contribution >= 0.6 is 0 Å². The molecule has 1 aromatic carbocycles. The highest BCUT2D eigenvalue weighted by atomic mass is 16.3. The average Bonchev–Trinajstić information content (AvgIpc) is 2.56. The lowest BCUT2D eigenvalue weighted by Crippen LogP contribution is -2.20. The number of hydrogen-bond acceptors (Lipinski definition) is 2. The van der Waals surface area contributed by atoms with Crippen LogP contribution in [0.15, 0.2) is 30.3 Å². The Labute approximate surface area is 139 Å². The zero-order valence-corrected chi connectivity index (χ0v) is 16.0. The summed E-state index contributed by atoms with van der Waals surface area (Å²) in [5.74, 6) is 1.59. The maximum absolute atomic E-state index is 8.33. The van der Waals surface area contributed by atoms with Crippen molar-refractivity contribution >= 4 is 0 Å². The van der Waals surface area contributed by atoms with Gasteiger partial charge >= 0.3 is 0 Å². The van der Waals surface area contributed by atoms with Crippen molar-refractivity contribution in [1.82, 2.24) is 4.90 Å². The van der Waals surface area contributed by atoms with Gasteiger partial charge in [0.15, 0.2) is 0 Å². The van der Waals surface area contributed by atoms with Crippen LogP contribution in [0.25, 0.3) is 0 Å². The van der Waals surface area contributed by atoms with Crippen LogP contribution in [0.1, 0.15) is 65.9 Å². The van der Waals surface area contributed by atoms with E-state index in [2.05, 4.69) is 76.8 Å². The van der Waals surface area contributed by atoms with Crippen molar-refractivity contribution in [2.75, 3.05) is 26.7 Å². The number of aliphatic hydroxyl groups is 1. The number of aliphatic hydroxyl groups excluding tert-OH is 1. The van der Waals surface area contributed by atoms with Crippen LogP contribution in [0.5, 0.6) is 0 Å². The van der Waals surface area contributed by atoms with Gasteiger partial charge in [-0.3, -0.25) is 0 Å². The van der Waals surface area contributed by atoms with Crippen molar-refractivity contribution in [2.45, 2.75) is 60.3 Å². The fourth-order valence-corrected chi connectivity index (χ4v) is 1.35. The fraction of sp³-hybridized carbons (Fsp3) is 0.700. The molecule has 22 heavy (non-hydrogen) atoms. The average molecular weight is 310 g/mol. The lowest BCUT2D eigenvalue weighted by molar-refractivity contribution is 0.227. The van der Waals surface area contributed by atoms with E-state index >= 15 is 0 Å². The van der Waals surface area contributed by atoms with Gasteiger partial charge in [0.25, 0.3) is 0 Å². The monoisotopic (exact) mass is 309 g/mol. The molecule has 0 heterocycles. The minimum atomic E-state index is 0.268. The quantitative estimate of drug-likeness (QED) is 0.782. The molecule has 0 aliphatic heterocycles. The molecule has 0 aromatic heterocycles. The number of likely N-dealkylation sites (N-methyl/N-ethyl adjacent to an activating group) is 1. The van der Waals surface area contributed by atoms with E-state index in [0.29, 0.717) is 5.92 Å². The summed E-state index contributed by atoms with van der Waals surface area (Å²) in [6.07, 6.45) is 2.53. The van der Waals surface area contributed by atoms with Crippen LogP contribution < -0.4 is 0 Å². The molecule has 2 heteroatoms. The Balaban J connectivity index is 0. The van der Waals surface area contributed by atoms with Crippen LogP contribution in [-0.2, 0) is 0 Å². The minimum absolute atomic E-state index is 0.268. The number of rotatable bonds is 6. The molecule has 0 radical (unpaired) electrons. The van der Waals surface area contributed by atoms with Gasteiger partial charge < -0.3 is 10.0 Å². The summed E-state index contributed by atoms with van der Waals surface area (Å²) >= 11 is 0. The molecule has 1 unspecified atom stereocenters. The normalized spacial score (nSPS) is 11.4. The minimum Gasteiger partial charge on any atom is -0.395 e. The molecule has 1 N–H and O–H groups in total. The van der Waals surface area contributed by atoms with Gasteiger partial charge in [0.1, 0.15) is 0 Å². The Bertz CT molecular complexity index is 311. The highest BCUT2D eigenvalue weighted by molar-refractivity contribution is 5.18. The molecule has 1 aromatic rings. The zero-order chi connectivity index (χ0) is 17.4. The Kier molecular flexibility index (Phi) is 17.6. The van der Waals surface area contributed by atoms with Gasteiger partial charge in [0.05, 0.1) is 6.61 Å². The smallest absolute Gasteiger partial charge is 0.0558 e. The van der Waals surface area contributed by atoms with E-state index in [-0.39, 0.29) is 6.61 Å². The summed E-state index contributed by atoms with van der Waals surface area (Å²) in [5.41, 5.74) is 1.45. The fourth-order valence-electron chi connectivity index (χ4n) is 1.35. The second-order valence-corrected chi connectivity index (χ2v) is 6.14. The third-order valence-corrected chi connectivity index (χ3v) is 3.82. The molecule has 1 rings (SSSR count). The second-order valence-electron chi connectivity index (χ2n) is 6.14. The van der Waals surface area contributed by atoms with Crippen LogP contribution in [0.2, 0.25) is 0 Å². The summed E-state index contributed by atoms with van der Waals surface area (Å²) in [6.45, 7) is 15.3. The van der Waals surface area contributed by atoms with Crippen LogP contribution in [0.4, 0.5) is 0 Å². The lowest BCUT2D eigenvalue weighted by atomic mass is 9.99. The van der Waals surface area contributed by atoms with Gasteiger partial charge in [-0.1, -0.05) is 78.3 Å². The summed E-state index contributed by atoms with van der Waals surface area (Å²) in [6, 6.07) is 10.6. The van der Waals surface area contributed by atoms with Gasteiger partial charge in [-0.25, -0.2) is 0 Å². The Morgan fingerprint density at radius 2 is 1.45 bits per heavy atom. The number of hydrogen-bond donors (Lipinski definition) is 1. The summed E-state index contributed by atoms with van der Waals surface area (Å²) in [5, 5.41) is 8.33. The van der Waals surface area contributed by atoms with E-state index in [0.717, 1.165) is 19.0 Å². The molecule has 0 aliphatic rings. The van der Waals surface area contributed by atoms with E-state index in [9.17, 15) is 0 Å². The van der Waals surface area contributed by atoms with Gasteiger partial charge in [0, 0.05) is 6.54 Å².